The Morgan fingerprint density at radius 3 is 2.15 bits per heavy atom. The van der Waals surface area contributed by atoms with E-state index < -0.39 is 0 Å². The number of piperazine rings is 1. The van der Waals surface area contributed by atoms with Crippen LogP contribution in [0.15, 0.2) is 29.4 Å². The Morgan fingerprint density at radius 2 is 1.62 bits per heavy atom. The molecular weight excluding hydrogens is 332 g/mol. The zero-order valence-corrected chi connectivity index (χ0v) is 15.0. The van der Waals surface area contributed by atoms with Gasteiger partial charge >= 0.3 is 0 Å². The van der Waals surface area contributed by atoms with Crippen LogP contribution >= 0.6 is 0 Å². The first-order valence-corrected chi connectivity index (χ1v) is 9.11. The van der Waals surface area contributed by atoms with Gasteiger partial charge in [0.25, 0.3) is 11.8 Å². The molecular formula is C19H24N4O3. The number of benzene rings is 1. The number of carbonyl (C=O) groups excluding carboxylic acids is 3. The fraction of sp³-hybridized carbons (Fsp3) is 0.474. The molecule has 138 valence electrons. The van der Waals surface area contributed by atoms with Gasteiger partial charge in [0.15, 0.2) is 0 Å². The summed E-state index contributed by atoms with van der Waals surface area (Å²) in [6, 6.07) is 7.77. The van der Waals surface area contributed by atoms with Gasteiger partial charge in [-0.1, -0.05) is 25.5 Å². The van der Waals surface area contributed by atoms with Gasteiger partial charge in [0.2, 0.25) is 5.91 Å². The van der Waals surface area contributed by atoms with Crippen molar-refractivity contribution in [1.29, 1.82) is 0 Å². The highest BCUT2D eigenvalue weighted by atomic mass is 16.2. The second-order valence-corrected chi connectivity index (χ2v) is 6.62. The SMILES string of the molecule is CCCc1ccc(C(=O)N2CCN(C(=O)C3=NNC(=O)CC3)CC2)cc1. The molecule has 0 unspecified atom stereocenters. The van der Waals surface area contributed by atoms with Gasteiger partial charge in [0.1, 0.15) is 5.71 Å². The number of aryl methyl sites for hydroxylation is 1. The normalized spacial score (nSPS) is 17.6. The monoisotopic (exact) mass is 356 g/mol. The lowest BCUT2D eigenvalue weighted by Gasteiger charge is -2.35. The summed E-state index contributed by atoms with van der Waals surface area (Å²) in [6.45, 7) is 4.09. The molecule has 1 saturated heterocycles. The van der Waals surface area contributed by atoms with E-state index in [1.54, 1.807) is 9.80 Å². The number of carbonyl (C=O) groups is 3. The third kappa shape index (κ3) is 4.09. The highest BCUT2D eigenvalue weighted by molar-refractivity contribution is 6.39. The van der Waals surface area contributed by atoms with Gasteiger partial charge in [-0.2, -0.15) is 5.10 Å². The maximum absolute atomic E-state index is 12.6. The fourth-order valence-electron chi connectivity index (χ4n) is 3.21. The number of rotatable bonds is 4. The van der Waals surface area contributed by atoms with E-state index >= 15 is 0 Å². The summed E-state index contributed by atoms with van der Waals surface area (Å²) in [6.07, 6.45) is 2.75. The van der Waals surface area contributed by atoms with Gasteiger partial charge in [-0.3, -0.25) is 14.4 Å². The minimum Gasteiger partial charge on any atom is -0.335 e. The molecule has 0 aliphatic carbocycles. The van der Waals surface area contributed by atoms with E-state index in [4.69, 9.17) is 0 Å². The van der Waals surface area contributed by atoms with E-state index in [2.05, 4.69) is 17.5 Å². The van der Waals surface area contributed by atoms with E-state index in [0.29, 0.717) is 43.9 Å². The van der Waals surface area contributed by atoms with Crippen molar-refractivity contribution in [2.75, 3.05) is 26.2 Å². The van der Waals surface area contributed by atoms with Crippen LogP contribution in [0.3, 0.4) is 0 Å². The Bertz CT molecular complexity index is 719. The van der Waals surface area contributed by atoms with Crippen molar-refractivity contribution >= 4 is 23.4 Å². The van der Waals surface area contributed by atoms with Gasteiger partial charge in [-0.05, 0) is 24.1 Å². The van der Waals surface area contributed by atoms with Gasteiger partial charge in [-0.25, -0.2) is 5.43 Å². The predicted molar refractivity (Wildman–Crippen MR) is 97.7 cm³/mol. The molecule has 2 aliphatic rings. The van der Waals surface area contributed by atoms with Crippen molar-refractivity contribution in [2.24, 2.45) is 5.10 Å². The molecule has 26 heavy (non-hydrogen) atoms. The van der Waals surface area contributed by atoms with E-state index in [-0.39, 0.29) is 24.1 Å². The van der Waals surface area contributed by atoms with E-state index in [9.17, 15) is 14.4 Å². The average molecular weight is 356 g/mol. The zero-order valence-electron chi connectivity index (χ0n) is 15.0. The molecule has 1 N–H and O–H groups in total. The zero-order chi connectivity index (χ0) is 18.5. The summed E-state index contributed by atoms with van der Waals surface area (Å²) in [5.74, 6) is -0.314. The van der Waals surface area contributed by atoms with Crippen molar-refractivity contribution in [3.8, 4) is 0 Å². The summed E-state index contributed by atoms with van der Waals surface area (Å²) in [4.78, 5) is 39.7. The van der Waals surface area contributed by atoms with Crippen LogP contribution in [0.5, 0.6) is 0 Å². The summed E-state index contributed by atoms with van der Waals surface area (Å²) in [7, 11) is 0. The molecule has 1 aromatic carbocycles. The molecule has 1 aromatic rings. The van der Waals surface area contributed by atoms with Crippen molar-refractivity contribution in [3.63, 3.8) is 0 Å². The Kier molecular flexibility index (Phi) is 5.65. The first-order valence-electron chi connectivity index (χ1n) is 9.11. The summed E-state index contributed by atoms with van der Waals surface area (Å²) >= 11 is 0. The Morgan fingerprint density at radius 1 is 1.00 bits per heavy atom. The van der Waals surface area contributed by atoms with Crippen LogP contribution in [0, 0.1) is 0 Å². The molecule has 3 rings (SSSR count). The predicted octanol–water partition coefficient (Wildman–Crippen LogP) is 1.19. The van der Waals surface area contributed by atoms with Crippen molar-refractivity contribution < 1.29 is 14.4 Å². The molecule has 0 spiro atoms. The average Bonchev–Trinajstić information content (AvgIpc) is 2.68. The maximum atomic E-state index is 12.6. The fourth-order valence-corrected chi connectivity index (χ4v) is 3.21. The van der Waals surface area contributed by atoms with Crippen molar-refractivity contribution in [2.45, 2.75) is 32.6 Å². The van der Waals surface area contributed by atoms with Crippen LogP contribution in [0.1, 0.15) is 42.1 Å². The quantitative estimate of drug-likeness (QED) is 0.880. The molecule has 0 radical (unpaired) electrons. The molecule has 0 aromatic heterocycles. The molecule has 0 atom stereocenters. The first-order chi connectivity index (χ1) is 12.6. The second kappa shape index (κ2) is 8.12. The number of hydrazone groups is 1. The number of hydrogen-bond acceptors (Lipinski definition) is 4. The Labute approximate surface area is 153 Å². The lowest BCUT2D eigenvalue weighted by atomic mass is 10.1. The second-order valence-electron chi connectivity index (χ2n) is 6.62. The number of hydrogen-bond donors (Lipinski definition) is 1. The minimum absolute atomic E-state index is 0.00224. The van der Waals surface area contributed by atoms with Gasteiger partial charge in [-0.15, -0.1) is 0 Å². The summed E-state index contributed by atoms with van der Waals surface area (Å²) in [5.41, 5.74) is 4.66. The highest BCUT2D eigenvalue weighted by Crippen LogP contribution is 2.13. The highest BCUT2D eigenvalue weighted by Gasteiger charge is 2.28. The van der Waals surface area contributed by atoms with Gasteiger partial charge < -0.3 is 9.80 Å². The number of amides is 3. The third-order valence-electron chi connectivity index (χ3n) is 4.74. The smallest absolute Gasteiger partial charge is 0.270 e. The van der Waals surface area contributed by atoms with E-state index in [1.807, 2.05) is 24.3 Å². The molecule has 0 bridgehead atoms. The first kappa shape index (κ1) is 18.1. The van der Waals surface area contributed by atoms with Crippen LogP contribution in [-0.4, -0.2) is 59.4 Å². The van der Waals surface area contributed by atoms with Crippen LogP contribution < -0.4 is 5.43 Å². The number of nitrogens with zero attached hydrogens (tertiary/aromatic N) is 3. The van der Waals surface area contributed by atoms with Crippen LogP contribution in [-0.2, 0) is 16.0 Å². The van der Waals surface area contributed by atoms with E-state index in [0.717, 1.165) is 12.8 Å². The molecule has 1 fully saturated rings. The standard InChI is InChI=1S/C19H24N4O3/c1-2-3-14-4-6-15(7-5-14)18(25)22-10-12-23(13-11-22)19(26)16-8-9-17(24)21-20-16/h4-7H,2-3,8-13H2,1H3,(H,21,24). The van der Waals surface area contributed by atoms with Crippen molar-refractivity contribution in [3.05, 3.63) is 35.4 Å². The molecule has 7 heteroatoms. The van der Waals surface area contributed by atoms with Gasteiger partial charge in [0, 0.05) is 44.6 Å². The topological polar surface area (TPSA) is 82.1 Å². The molecule has 0 saturated carbocycles. The minimum atomic E-state index is -0.165. The molecule has 7 nitrogen and oxygen atoms in total. The largest absolute Gasteiger partial charge is 0.335 e. The van der Waals surface area contributed by atoms with Crippen LogP contribution in [0.4, 0.5) is 0 Å². The Hall–Kier alpha value is -2.70. The maximum Gasteiger partial charge on any atom is 0.270 e. The summed E-state index contributed by atoms with van der Waals surface area (Å²) < 4.78 is 0. The van der Waals surface area contributed by atoms with Crippen molar-refractivity contribution in [1.82, 2.24) is 15.2 Å². The van der Waals surface area contributed by atoms with E-state index in [1.165, 1.54) is 5.56 Å². The Balaban J connectivity index is 1.55. The third-order valence-corrected chi connectivity index (χ3v) is 4.74. The lowest BCUT2D eigenvalue weighted by molar-refractivity contribution is -0.126. The molecule has 2 aliphatic heterocycles. The van der Waals surface area contributed by atoms with Gasteiger partial charge in [0.05, 0.1) is 0 Å². The molecule has 2 heterocycles. The summed E-state index contributed by atoms with van der Waals surface area (Å²) in [5, 5.41) is 3.86. The molecule has 3 amide bonds. The van der Waals surface area contributed by atoms with Crippen LogP contribution in [0.25, 0.3) is 0 Å². The van der Waals surface area contributed by atoms with Crippen LogP contribution in [0.2, 0.25) is 0 Å². The number of nitrogens with one attached hydrogen (secondary N) is 1. The lowest BCUT2D eigenvalue weighted by Crippen LogP contribution is -2.52.